The van der Waals surface area contributed by atoms with Crippen molar-refractivity contribution < 1.29 is 22.8 Å². The number of para-hydroxylation sites is 1. The second-order valence-electron chi connectivity index (χ2n) is 7.85. The quantitative estimate of drug-likeness (QED) is 0.518. The summed E-state index contributed by atoms with van der Waals surface area (Å²) in [6.07, 6.45) is 1.77. The molecule has 6 rings (SSSR count). The lowest BCUT2D eigenvalue weighted by atomic mass is 9.94. The fraction of sp³-hybridized carbons (Fsp3) is 0.130. The number of hydrogen-bond acceptors (Lipinski definition) is 5. The van der Waals surface area contributed by atoms with Crippen LogP contribution in [0.25, 0.3) is 11.2 Å². The van der Waals surface area contributed by atoms with Crippen LogP contribution >= 0.6 is 24.8 Å². The van der Waals surface area contributed by atoms with Gasteiger partial charge < -0.3 is 4.90 Å². The van der Waals surface area contributed by atoms with E-state index in [4.69, 9.17) is 0 Å². The molecule has 2 aromatic heterocycles. The van der Waals surface area contributed by atoms with Crippen LogP contribution in [-0.2, 0) is 22.2 Å². The normalized spacial score (nSPS) is 16.5. The molecule has 0 saturated carbocycles. The van der Waals surface area contributed by atoms with Crippen molar-refractivity contribution >= 4 is 59.2 Å². The number of amides is 2. The Hall–Kier alpha value is -3.63. The van der Waals surface area contributed by atoms with Gasteiger partial charge in [0, 0.05) is 30.7 Å². The topological polar surface area (TPSA) is 79.1 Å². The lowest BCUT2D eigenvalue weighted by Gasteiger charge is -2.17. The number of halogens is 5. The summed E-state index contributed by atoms with van der Waals surface area (Å²) < 4.78 is 41.1. The van der Waals surface area contributed by atoms with Crippen LogP contribution in [0.3, 0.4) is 0 Å². The van der Waals surface area contributed by atoms with E-state index in [0.29, 0.717) is 5.56 Å². The fourth-order valence-corrected chi connectivity index (χ4v) is 4.54. The lowest BCUT2D eigenvalue weighted by molar-refractivity contribution is -0.137. The number of carbonyl (C=O) groups is 2. The first-order valence-electron chi connectivity index (χ1n) is 10.1. The minimum absolute atomic E-state index is 0. The van der Waals surface area contributed by atoms with Crippen LogP contribution in [0, 0.1) is 0 Å². The highest BCUT2D eigenvalue weighted by molar-refractivity contribution is 6.47. The van der Waals surface area contributed by atoms with Crippen LogP contribution in [0.2, 0.25) is 0 Å². The summed E-state index contributed by atoms with van der Waals surface area (Å²) in [7, 11) is 0. The number of nitrogens with one attached hydrogen (secondary N) is 1. The summed E-state index contributed by atoms with van der Waals surface area (Å²) in [5, 5.41) is 2.27. The molecule has 0 fully saturated rings. The number of pyridine rings is 1. The summed E-state index contributed by atoms with van der Waals surface area (Å²) in [5.41, 5.74) is 2.29. The Morgan fingerprint density at radius 1 is 1.00 bits per heavy atom. The van der Waals surface area contributed by atoms with Crippen molar-refractivity contribution in [2.45, 2.75) is 12.6 Å². The van der Waals surface area contributed by atoms with Crippen molar-refractivity contribution in [1.29, 1.82) is 0 Å². The molecule has 180 valence electrons. The van der Waals surface area contributed by atoms with E-state index in [9.17, 15) is 22.8 Å². The van der Waals surface area contributed by atoms with Crippen LogP contribution < -0.4 is 10.2 Å². The van der Waals surface area contributed by atoms with Crippen LogP contribution in [0.4, 0.5) is 18.9 Å². The predicted molar refractivity (Wildman–Crippen MR) is 128 cm³/mol. The molecule has 0 spiro atoms. The number of hydrogen-bond donors (Lipinski definition) is 1. The maximum Gasteiger partial charge on any atom is 0.417 e. The second-order valence-corrected chi connectivity index (χ2v) is 7.85. The maximum absolute atomic E-state index is 13.3. The van der Waals surface area contributed by atoms with Gasteiger partial charge in [0.15, 0.2) is 0 Å². The number of imide groups is 1. The van der Waals surface area contributed by atoms with E-state index in [-0.39, 0.29) is 53.0 Å². The summed E-state index contributed by atoms with van der Waals surface area (Å²) in [5.74, 6) is -1.37. The van der Waals surface area contributed by atoms with E-state index in [1.54, 1.807) is 12.4 Å². The number of nitrogens with zero attached hydrogens (tertiary/aromatic N) is 4. The van der Waals surface area contributed by atoms with Crippen molar-refractivity contribution in [3.8, 4) is 0 Å². The van der Waals surface area contributed by atoms with Gasteiger partial charge in [-0.2, -0.15) is 13.2 Å². The van der Waals surface area contributed by atoms with E-state index in [1.807, 2.05) is 23.1 Å². The van der Waals surface area contributed by atoms with Crippen LogP contribution in [0.15, 0.2) is 65.7 Å². The number of aliphatic imine (C=N–C) groups is 1. The summed E-state index contributed by atoms with van der Waals surface area (Å²) in [4.78, 5) is 36.4. The largest absolute Gasteiger partial charge is 0.417 e. The first kappa shape index (κ1) is 24.5. The molecule has 2 amide bonds. The van der Waals surface area contributed by atoms with Gasteiger partial charge in [0.25, 0.3) is 11.8 Å². The van der Waals surface area contributed by atoms with Gasteiger partial charge in [0.1, 0.15) is 5.65 Å². The van der Waals surface area contributed by atoms with Gasteiger partial charge in [-0.3, -0.25) is 24.3 Å². The van der Waals surface area contributed by atoms with Gasteiger partial charge in [-0.1, -0.05) is 18.2 Å². The van der Waals surface area contributed by atoms with Gasteiger partial charge in [-0.25, -0.2) is 4.98 Å². The Morgan fingerprint density at radius 3 is 2.54 bits per heavy atom. The fourth-order valence-electron chi connectivity index (χ4n) is 4.54. The van der Waals surface area contributed by atoms with Gasteiger partial charge in [-0.15, -0.1) is 24.8 Å². The number of aromatic nitrogens is 2. The molecule has 0 unspecified atom stereocenters. The Kier molecular flexibility index (Phi) is 5.98. The molecule has 3 aromatic rings. The van der Waals surface area contributed by atoms with Crippen LogP contribution in [0.5, 0.6) is 0 Å². The van der Waals surface area contributed by atoms with Crippen molar-refractivity contribution in [3.63, 3.8) is 0 Å². The number of anilines is 1. The molecule has 1 N–H and O–H groups in total. The molecule has 0 aliphatic carbocycles. The predicted octanol–water partition coefficient (Wildman–Crippen LogP) is 3.94. The molecule has 0 bridgehead atoms. The van der Waals surface area contributed by atoms with Crippen LogP contribution in [-0.4, -0.2) is 33.5 Å². The van der Waals surface area contributed by atoms with E-state index in [0.717, 1.165) is 36.5 Å². The van der Waals surface area contributed by atoms with Crippen molar-refractivity contribution in [2.24, 2.45) is 4.99 Å². The average Bonchev–Trinajstić information content (AvgIpc) is 3.41. The monoisotopic (exact) mass is 521 g/mol. The van der Waals surface area contributed by atoms with E-state index in [2.05, 4.69) is 15.3 Å². The SMILES string of the molecule is Cl.Cl.O=C1NC(=O)C(c2cnc3ccc(C(F)(F)F)cn23)=C1C1=NC=CN2CCc3cccc1c32. The highest BCUT2D eigenvalue weighted by atomic mass is 35.5. The van der Waals surface area contributed by atoms with Crippen molar-refractivity contribution in [1.82, 2.24) is 14.7 Å². The molecular formula is C23H16Cl2F3N5O2. The Labute approximate surface area is 208 Å². The second kappa shape index (κ2) is 8.54. The third-order valence-electron chi connectivity index (χ3n) is 5.99. The number of carbonyl (C=O) groups excluding carboxylic acids is 2. The molecule has 3 aliphatic rings. The molecule has 5 heterocycles. The number of rotatable bonds is 2. The minimum Gasteiger partial charge on any atom is -0.345 e. The third kappa shape index (κ3) is 3.69. The zero-order valence-electron chi connectivity index (χ0n) is 17.7. The summed E-state index contributed by atoms with van der Waals surface area (Å²) >= 11 is 0. The van der Waals surface area contributed by atoms with Gasteiger partial charge in [0.2, 0.25) is 0 Å². The number of benzene rings is 1. The Bertz CT molecular complexity index is 1490. The first-order chi connectivity index (χ1) is 15.8. The Balaban J connectivity index is 0.00000144. The zero-order chi connectivity index (χ0) is 22.9. The smallest absolute Gasteiger partial charge is 0.345 e. The van der Waals surface area contributed by atoms with E-state index < -0.39 is 23.6 Å². The molecule has 1 aromatic carbocycles. The van der Waals surface area contributed by atoms with Crippen LogP contribution in [0.1, 0.15) is 22.4 Å². The number of imidazole rings is 1. The van der Waals surface area contributed by atoms with E-state index >= 15 is 0 Å². The standard InChI is InChI=1S/C23H14F3N5O2.2ClH/c24-23(25,26)13-4-5-16-28-10-15(31(16)11-13)17-18(22(33)29-21(17)32)19-14-3-1-2-12-6-8-30(20(12)14)9-7-27-19;;/h1-5,7,9-11H,6,8H2,(H,29,32,33);2*1H. The molecule has 0 saturated heterocycles. The van der Waals surface area contributed by atoms with Gasteiger partial charge in [-0.05, 0) is 24.1 Å². The van der Waals surface area contributed by atoms with Crippen molar-refractivity contribution in [2.75, 3.05) is 11.4 Å². The maximum atomic E-state index is 13.3. The molecule has 12 heteroatoms. The molecule has 0 atom stereocenters. The Morgan fingerprint density at radius 2 is 1.77 bits per heavy atom. The highest BCUT2D eigenvalue weighted by Gasteiger charge is 2.39. The first-order valence-corrected chi connectivity index (χ1v) is 10.1. The van der Waals surface area contributed by atoms with Gasteiger partial charge in [0.05, 0.1) is 40.0 Å². The average molecular weight is 522 g/mol. The number of fused-ring (bicyclic) bond motifs is 1. The lowest BCUT2D eigenvalue weighted by Crippen LogP contribution is -2.25. The molecule has 3 aliphatic heterocycles. The summed E-state index contributed by atoms with van der Waals surface area (Å²) in [6, 6.07) is 7.81. The van der Waals surface area contributed by atoms with Crippen molar-refractivity contribution in [3.05, 3.63) is 83.1 Å². The third-order valence-corrected chi connectivity index (χ3v) is 5.99. The highest BCUT2D eigenvalue weighted by Crippen LogP contribution is 2.38. The molecule has 35 heavy (non-hydrogen) atoms. The molecular weight excluding hydrogens is 506 g/mol. The molecule has 0 radical (unpaired) electrons. The minimum atomic E-state index is -4.58. The zero-order valence-corrected chi connectivity index (χ0v) is 19.3. The molecule has 7 nitrogen and oxygen atoms in total. The number of alkyl halides is 3. The van der Waals surface area contributed by atoms with Gasteiger partial charge >= 0.3 is 6.18 Å². The van der Waals surface area contributed by atoms with E-state index in [1.165, 1.54) is 16.7 Å². The summed E-state index contributed by atoms with van der Waals surface area (Å²) in [6.45, 7) is 0.760.